The van der Waals surface area contributed by atoms with E-state index >= 15 is 0 Å². The van der Waals surface area contributed by atoms with Gasteiger partial charge in [0.15, 0.2) is 0 Å². The van der Waals surface area contributed by atoms with Crippen molar-refractivity contribution in [3.63, 3.8) is 0 Å². The molecule has 0 aromatic heterocycles. The van der Waals surface area contributed by atoms with Crippen LogP contribution in [0.1, 0.15) is 32.6 Å². The van der Waals surface area contributed by atoms with Gasteiger partial charge in [0, 0.05) is 23.7 Å². The molecule has 1 amide bonds. The highest BCUT2D eigenvalue weighted by Gasteiger charge is 2.33. The van der Waals surface area contributed by atoms with Crippen LogP contribution in [0.25, 0.3) is 0 Å². The molecule has 0 atom stereocenters. The van der Waals surface area contributed by atoms with E-state index in [9.17, 15) is 31.1 Å². The van der Waals surface area contributed by atoms with Crippen LogP contribution in [0.3, 0.4) is 0 Å². The van der Waals surface area contributed by atoms with Crippen LogP contribution >= 0.6 is 11.6 Å². The molecule has 0 aliphatic rings. The lowest BCUT2D eigenvalue weighted by Crippen LogP contribution is -2.37. The lowest BCUT2D eigenvalue weighted by Gasteiger charge is -2.24. The first-order valence-corrected chi connectivity index (χ1v) is 15.3. The second-order valence-electron chi connectivity index (χ2n) is 9.85. The Labute approximate surface area is 217 Å². The van der Waals surface area contributed by atoms with Crippen molar-refractivity contribution >= 4 is 30.8 Å². The Hall–Kier alpha value is -2.78. The summed E-state index contributed by atoms with van der Waals surface area (Å²) in [4.78, 5) is 14.7. The van der Waals surface area contributed by atoms with Gasteiger partial charge in [-0.3, -0.25) is 4.79 Å². The van der Waals surface area contributed by atoms with E-state index < -0.39 is 37.5 Å². The van der Waals surface area contributed by atoms with E-state index in [1.807, 2.05) is 24.3 Å². The minimum atomic E-state index is -4.70. The molecule has 0 N–H and O–H groups in total. The topological polar surface area (TPSA) is 20.3 Å². The molecule has 0 bridgehead atoms. The van der Waals surface area contributed by atoms with Gasteiger partial charge in [0.2, 0.25) is 0 Å². The Morgan fingerprint density at radius 2 is 1.43 bits per heavy atom. The van der Waals surface area contributed by atoms with Crippen molar-refractivity contribution in [2.24, 2.45) is 0 Å². The van der Waals surface area contributed by atoms with Crippen molar-refractivity contribution in [2.45, 2.75) is 45.0 Å². The largest absolute Gasteiger partial charge is 0.416 e. The zero-order valence-corrected chi connectivity index (χ0v) is 22.2. The summed E-state index contributed by atoms with van der Waals surface area (Å²) in [6.07, 6.45) is -9.14. The molecule has 0 aliphatic carbocycles. The average molecular weight is 558 g/mol. The highest BCUT2D eigenvalue weighted by atomic mass is 35.5. The van der Waals surface area contributed by atoms with Crippen molar-refractivity contribution < 1.29 is 31.1 Å². The Morgan fingerprint density at radius 3 is 2.00 bits per heavy atom. The quantitative estimate of drug-likeness (QED) is 0.214. The number of hydrogen-bond acceptors (Lipinski definition) is 1. The number of nitrogens with zero attached hydrogens (tertiary/aromatic N) is 1. The second kappa shape index (κ2) is 10.9. The minimum Gasteiger partial charge on any atom is -0.334 e. The number of rotatable bonds is 7. The van der Waals surface area contributed by atoms with Gasteiger partial charge in [-0.2, -0.15) is 26.3 Å². The van der Waals surface area contributed by atoms with E-state index in [4.69, 9.17) is 11.6 Å². The van der Waals surface area contributed by atoms with Crippen LogP contribution in [0, 0.1) is 0 Å². The summed E-state index contributed by atoms with van der Waals surface area (Å²) < 4.78 is 79.4. The molecule has 0 aliphatic heterocycles. The zero-order chi connectivity index (χ0) is 27.6. The Bertz CT molecular complexity index is 1250. The summed E-state index contributed by atoms with van der Waals surface area (Å²) in [6.45, 7) is 6.61. The van der Waals surface area contributed by atoms with Gasteiger partial charge in [0.1, 0.15) is 0 Å². The third-order valence-electron chi connectivity index (χ3n) is 5.88. The summed E-state index contributed by atoms with van der Waals surface area (Å²) in [5.74, 6) is -0.700. The van der Waals surface area contributed by atoms with E-state index in [1.165, 1.54) is 22.2 Å². The summed E-state index contributed by atoms with van der Waals surface area (Å²) in [5.41, 5.74) is -1.01. The lowest BCUT2D eigenvalue weighted by molar-refractivity contribution is -0.138. The predicted octanol–water partition coefficient (Wildman–Crippen LogP) is 7.81. The molecule has 2 nitrogen and oxygen atoms in total. The lowest BCUT2D eigenvalue weighted by atomic mass is 10.1. The van der Waals surface area contributed by atoms with Crippen LogP contribution in [0.2, 0.25) is 24.7 Å². The van der Waals surface area contributed by atoms with Gasteiger partial charge >= 0.3 is 12.4 Å². The molecule has 0 heterocycles. The molecule has 3 rings (SSSR count). The van der Waals surface area contributed by atoms with E-state index in [-0.39, 0.29) is 30.1 Å². The summed E-state index contributed by atoms with van der Waals surface area (Å²) in [7, 11) is -1.58. The van der Waals surface area contributed by atoms with Gasteiger partial charge < -0.3 is 4.90 Å². The average Bonchev–Trinajstić information content (AvgIpc) is 2.79. The molecule has 0 fully saturated rings. The van der Waals surface area contributed by atoms with Gasteiger partial charge in [0.05, 0.1) is 19.2 Å². The summed E-state index contributed by atoms with van der Waals surface area (Å²) in [6, 6.07) is 15.0. The summed E-state index contributed by atoms with van der Waals surface area (Å²) >= 11 is 5.88. The number of halogens is 7. The maximum atomic E-state index is 13.4. The molecule has 0 saturated carbocycles. The smallest absolute Gasteiger partial charge is 0.334 e. The predicted molar refractivity (Wildman–Crippen MR) is 136 cm³/mol. The fourth-order valence-corrected chi connectivity index (χ4v) is 5.21. The zero-order valence-electron chi connectivity index (χ0n) is 20.5. The van der Waals surface area contributed by atoms with E-state index in [0.717, 1.165) is 35.9 Å². The maximum absolute atomic E-state index is 13.4. The van der Waals surface area contributed by atoms with Crippen molar-refractivity contribution in [1.82, 2.24) is 4.90 Å². The highest BCUT2D eigenvalue weighted by molar-refractivity contribution is 6.88. The number of benzene rings is 3. The van der Waals surface area contributed by atoms with Crippen LogP contribution in [0.15, 0.2) is 66.7 Å². The van der Waals surface area contributed by atoms with Crippen LogP contribution in [0.5, 0.6) is 0 Å². The number of carbonyl (C=O) groups is 1. The van der Waals surface area contributed by atoms with Crippen LogP contribution in [0.4, 0.5) is 26.3 Å². The molecule has 3 aromatic carbocycles. The van der Waals surface area contributed by atoms with Gasteiger partial charge in [-0.25, -0.2) is 0 Å². The first kappa shape index (κ1) is 28.8. The van der Waals surface area contributed by atoms with Crippen molar-refractivity contribution in [3.8, 4) is 0 Å². The molecular weight excluding hydrogens is 532 g/mol. The third kappa shape index (κ3) is 7.85. The van der Waals surface area contributed by atoms with Crippen LogP contribution < -0.4 is 5.19 Å². The molecule has 3 aromatic rings. The number of alkyl halides is 6. The molecule has 0 spiro atoms. The van der Waals surface area contributed by atoms with E-state index in [0.29, 0.717) is 5.56 Å². The van der Waals surface area contributed by atoms with Crippen molar-refractivity contribution in [3.05, 3.63) is 99.6 Å². The first-order chi connectivity index (χ1) is 17.0. The first-order valence-electron chi connectivity index (χ1n) is 11.5. The monoisotopic (exact) mass is 557 g/mol. The molecule has 37 heavy (non-hydrogen) atoms. The van der Waals surface area contributed by atoms with Gasteiger partial charge in [0.25, 0.3) is 5.91 Å². The fraction of sp³-hybridized carbons (Fsp3) is 0.296. The number of carbonyl (C=O) groups excluding carboxylic acids is 1. The second-order valence-corrected chi connectivity index (χ2v) is 15.4. The molecule has 0 unspecified atom stereocenters. The minimum absolute atomic E-state index is 0.0101. The Balaban J connectivity index is 1.92. The highest BCUT2D eigenvalue weighted by Crippen LogP contribution is 2.33. The molecule has 198 valence electrons. The van der Waals surface area contributed by atoms with E-state index in [1.54, 1.807) is 0 Å². The van der Waals surface area contributed by atoms with Crippen molar-refractivity contribution in [2.75, 3.05) is 6.54 Å². The SMILES string of the molecule is C[Si](C)(C)c1ccc(CN(CCc2cccc(C(F)(F)F)c2)C(=O)c2cc(Cl)cc(C(F)(F)F)c2)cc1. The molecular formula is C27H26ClF6NOSi. The molecule has 0 saturated heterocycles. The number of amides is 1. The third-order valence-corrected chi connectivity index (χ3v) is 8.16. The van der Waals surface area contributed by atoms with Crippen LogP contribution in [-0.2, 0) is 25.3 Å². The maximum Gasteiger partial charge on any atom is 0.416 e. The Morgan fingerprint density at radius 1 is 0.811 bits per heavy atom. The van der Waals surface area contributed by atoms with E-state index in [2.05, 4.69) is 19.6 Å². The van der Waals surface area contributed by atoms with Crippen LogP contribution in [-0.4, -0.2) is 25.4 Å². The normalized spacial score (nSPS) is 12.5. The standard InChI is InChI=1S/C27H26ClF6NOSi/c1-37(2,3)24-9-7-19(8-10-24)17-35(12-11-18-5-4-6-21(13-18)26(29,30)31)25(36)20-14-22(27(32,33)34)16-23(28)15-20/h4-10,13-16H,11-12,17H2,1-3H3. The van der Waals surface area contributed by atoms with Gasteiger partial charge in [-0.15, -0.1) is 0 Å². The van der Waals surface area contributed by atoms with Crippen molar-refractivity contribution in [1.29, 1.82) is 0 Å². The van der Waals surface area contributed by atoms with Gasteiger partial charge in [-0.1, -0.05) is 78.9 Å². The summed E-state index contributed by atoms with van der Waals surface area (Å²) in [5, 5.41) is 0.957. The molecule has 0 radical (unpaired) electrons. The van der Waals surface area contributed by atoms with Gasteiger partial charge in [-0.05, 0) is 41.8 Å². The fourth-order valence-electron chi connectivity index (χ4n) is 3.81. The number of hydrogen-bond donors (Lipinski definition) is 0. The Kier molecular flexibility index (Phi) is 8.49. The molecule has 10 heteroatoms.